The van der Waals surface area contributed by atoms with Crippen LogP contribution in [0.15, 0.2) is 48.1 Å². The van der Waals surface area contributed by atoms with Gasteiger partial charge in [0.05, 0.1) is 47.4 Å². The molecule has 0 spiro atoms. The van der Waals surface area contributed by atoms with Gasteiger partial charge in [0, 0.05) is 24.3 Å². The first-order chi connectivity index (χ1) is 18.4. The highest BCUT2D eigenvalue weighted by molar-refractivity contribution is 7.91. The van der Waals surface area contributed by atoms with Crippen molar-refractivity contribution < 1.29 is 9.35 Å². The number of nitrogens with one attached hydrogen (secondary N) is 1. The number of carbonyl (C=O) groups excluding carboxylic acids is 1. The third-order valence-corrected chi connectivity index (χ3v) is 9.26. The van der Waals surface area contributed by atoms with Crippen LogP contribution in [0.2, 0.25) is 0 Å². The van der Waals surface area contributed by atoms with Crippen molar-refractivity contribution in [3.05, 3.63) is 53.7 Å². The molecule has 38 heavy (non-hydrogen) atoms. The van der Waals surface area contributed by atoms with Gasteiger partial charge in [-0.2, -0.15) is 5.10 Å². The molecule has 200 valence electrons. The third-order valence-electron chi connectivity index (χ3n) is 7.13. The first kappa shape index (κ1) is 26.6. The van der Waals surface area contributed by atoms with Crippen LogP contribution in [0.1, 0.15) is 31.1 Å². The van der Waals surface area contributed by atoms with E-state index >= 15 is 0 Å². The van der Waals surface area contributed by atoms with Crippen molar-refractivity contribution >= 4 is 39.9 Å². The Morgan fingerprint density at radius 1 is 1.24 bits per heavy atom. The summed E-state index contributed by atoms with van der Waals surface area (Å²) in [6, 6.07) is 9.85. The topological polar surface area (TPSA) is 102 Å². The molecule has 5 heterocycles. The second kappa shape index (κ2) is 11.4. The van der Waals surface area contributed by atoms with E-state index in [2.05, 4.69) is 41.0 Å². The highest BCUT2D eigenvalue weighted by Gasteiger charge is 2.35. The van der Waals surface area contributed by atoms with Crippen molar-refractivity contribution in [3.8, 4) is 21.8 Å². The fourth-order valence-electron chi connectivity index (χ4n) is 4.71. The number of amides is 1. The van der Waals surface area contributed by atoms with E-state index < -0.39 is 11.2 Å². The van der Waals surface area contributed by atoms with Crippen LogP contribution in [0.5, 0.6) is 0 Å². The molecule has 1 fully saturated rings. The molecule has 0 radical (unpaired) electrons. The highest BCUT2D eigenvalue weighted by Crippen LogP contribution is 2.31. The molecule has 9 nitrogen and oxygen atoms in total. The monoisotopic (exact) mass is 551 g/mol. The van der Waals surface area contributed by atoms with Crippen molar-refractivity contribution in [2.45, 2.75) is 32.1 Å². The van der Waals surface area contributed by atoms with Gasteiger partial charge >= 0.3 is 0 Å². The maximum atomic E-state index is 13.3. The number of thiophene rings is 1. The van der Waals surface area contributed by atoms with Crippen LogP contribution < -0.4 is 10.2 Å². The summed E-state index contributed by atoms with van der Waals surface area (Å²) < 4.78 is 13.7. The molecule has 0 bridgehead atoms. The van der Waals surface area contributed by atoms with Crippen LogP contribution in [0.3, 0.4) is 0 Å². The van der Waals surface area contributed by atoms with Crippen LogP contribution >= 0.6 is 11.3 Å². The Labute approximate surface area is 230 Å². The molecule has 1 aliphatic rings. The van der Waals surface area contributed by atoms with Crippen LogP contribution in [-0.2, 0) is 11.2 Å². The van der Waals surface area contributed by atoms with E-state index in [1.807, 2.05) is 41.9 Å². The predicted molar refractivity (Wildman–Crippen MR) is 154 cm³/mol. The molecule has 1 amide bonds. The van der Waals surface area contributed by atoms with Gasteiger partial charge in [-0.15, -0.1) is 11.3 Å². The zero-order chi connectivity index (χ0) is 26.8. The van der Waals surface area contributed by atoms with Gasteiger partial charge in [-0.25, -0.2) is 14.5 Å². The van der Waals surface area contributed by atoms with Crippen molar-refractivity contribution in [2.75, 3.05) is 43.9 Å². The van der Waals surface area contributed by atoms with Crippen LogP contribution in [0.4, 0.5) is 5.82 Å². The normalized spacial score (nSPS) is 15.6. The van der Waals surface area contributed by atoms with E-state index in [4.69, 9.17) is 9.97 Å². The zero-order valence-electron chi connectivity index (χ0n) is 22.1. The lowest BCUT2D eigenvalue weighted by Crippen LogP contribution is -2.55. The summed E-state index contributed by atoms with van der Waals surface area (Å²) in [7, 11) is 0. The molecule has 0 aliphatic carbocycles. The maximum absolute atomic E-state index is 13.3. The fourth-order valence-corrected chi connectivity index (χ4v) is 6.19. The number of rotatable bonds is 10. The maximum Gasteiger partial charge on any atom is 0.251 e. The SMILES string of the molecule is CCN(CC)C(C)CNC(=O)c1cc(-c2cnn3ccc(-c4cccs4)nc23)nc(N2CC([S+](C)[O-])C2)c1. The first-order valence-electron chi connectivity index (χ1n) is 12.9. The predicted octanol–water partition coefficient (Wildman–Crippen LogP) is 3.55. The average Bonchev–Trinajstić information content (AvgIpc) is 3.56. The second-order valence-electron chi connectivity index (χ2n) is 9.52. The Morgan fingerprint density at radius 3 is 2.71 bits per heavy atom. The Balaban J connectivity index is 1.49. The summed E-state index contributed by atoms with van der Waals surface area (Å²) in [6.07, 6.45) is 5.37. The van der Waals surface area contributed by atoms with Gasteiger partial charge in [0.1, 0.15) is 11.1 Å². The fraction of sp³-hybridized carbons (Fsp3) is 0.407. The van der Waals surface area contributed by atoms with Crippen LogP contribution in [0, 0.1) is 0 Å². The lowest BCUT2D eigenvalue weighted by molar-refractivity contribution is 0.0938. The summed E-state index contributed by atoms with van der Waals surface area (Å²) in [6.45, 7) is 10.1. The van der Waals surface area contributed by atoms with Crippen molar-refractivity contribution in [1.82, 2.24) is 29.8 Å². The van der Waals surface area contributed by atoms with Crippen molar-refractivity contribution in [1.29, 1.82) is 0 Å². The molecule has 0 aromatic carbocycles. The number of likely N-dealkylation sites (N-methyl/N-ethyl adjacent to an activating group) is 1. The molecule has 1 saturated heterocycles. The van der Waals surface area contributed by atoms with E-state index in [1.54, 1.807) is 28.3 Å². The molecule has 4 aromatic rings. The summed E-state index contributed by atoms with van der Waals surface area (Å²) >= 11 is 0.738. The number of aromatic nitrogens is 4. The van der Waals surface area contributed by atoms with Crippen molar-refractivity contribution in [2.24, 2.45) is 0 Å². The Hall–Kier alpha value is -2.99. The number of hydrogen-bond donors (Lipinski definition) is 1. The molecule has 4 aromatic heterocycles. The lowest BCUT2D eigenvalue weighted by Gasteiger charge is -2.39. The molecule has 11 heteroatoms. The number of carbonyl (C=O) groups is 1. The van der Waals surface area contributed by atoms with E-state index in [0.717, 1.165) is 29.2 Å². The number of pyridine rings is 1. The van der Waals surface area contributed by atoms with Gasteiger partial charge < -0.3 is 14.8 Å². The summed E-state index contributed by atoms with van der Waals surface area (Å²) in [5.41, 5.74) is 3.47. The summed E-state index contributed by atoms with van der Waals surface area (Å²) in [4.78, 5) is 28.6. The zero-order valence-corrected chi connectivity index (χ0v) is 23.8. The molecular formula is C27H33N7O2S2. The van der Waals surface area contributed by atoms with Gasteiger partial charge in [0.25, 0.3) is 5.91 Å². The minimum absolute atomic E-state index is 0.111. The molecule has 2 atom stereocenters. The molecular weight excluding hydrogens is 518 g/mol. The third kappa shape index (κ3) is 5.42. The molecule has 2 unspecified atom stereocenters. The number of anilines is 1. The van der Waals surface area contributed by atoms with Gasteiger partial charge in [-0.1, -0.05) is 31.1 Å². The second-order valence-corrected chi connectivity index (χ2v) is 12.1. The van der Waals surface area contributed by atoms with Gasteiger partial charge in [0.15, 0.2) is 5.65 Å². The van der Waals surface area contributed by atoms with E-state index in [0.29, 0.717) is 42.4 Å². The van der Waals surface area contributed by atoms with Crippen LogP contribution in [0.25, 0.3) is 27.5 Å². The first-order valence-corrected chi connectivity index (χ1v) is 15.4. The largest absolute Gasteiger partial charge is 0.616 e. The quantitative estimate of drug-likeness (QED) is 0.301. The number of hydrogen-bond acceptors (Lipinski definition) is 8. The average molecular weight is 552 g/mol. The molecule has 1 N–H and O–H groups in total. The van der Waals surface area contributed by atoms with E-state index in [-0.39, 0.29) is 17.2 Å². The summed E-state index contributed by atoms with van der Waals surface area (Å²) in [5.74, 6) is 0.550. The van der Waals surface area contributed by atoms with Gasteiger partial charge in [-0.05, 0) is 49.7 Å². The van der Waals surface area contributed by atoms with E-state index in [9.17, 15) is 9.35 Å². The molecule has 1 aliphatic heterocycles. The minimum atomic E-state index is -0.894. The Kier molecular flexibility index (Phi) is 7.98. The van der Waals surface area contributed by atoms with Crippen LogP contribution in [-0.4, -0.2) is 85.2 Å². The number of fused-ring (bicyclic) bond motifs is 1. The Bertz CT molecular complexity index is 1400. The smallest absolute Gasteiger partial charge is 0.251 e. The summed E-state index contributed by atoms with van der Waals surface area (Å²) in [5, 5.41) is 9.73. The molecule has 5 rings (SSSR count). The standard InChI is InChI=1S/C27H33N7O2S2/c1-5-32(6-2)18(3)14-28-27(35)19-12-23(30-25(13-19)33-16-20(17-33)38(4)36)21-15-29-34-10-9-22(31-26(21)34)24-8-7-11-37-24/h7-13,15,18,20H,5-6,14,16-17H2,1-4H3,(H,28,35). The van der Waals surface area contributed by atoms with Crippen molar-refractivity contribution in [3.63, 3.8) is 0 Å². The lowest BCUT2D eigenvalue weighted by atomic mass is 10.1. The van der Waals surface area contributed by atoms with E-state index in [1.165, 1.54) is 0 Å². The number of nitrogens with zero attached hydrogens (tertiary/aromatic N) is 6. The highest BCUT2D eigenvalue weighted by atomic mass is 32.2. The van der Waals surface area contributed by atoms with Gasteiger partial charge in [-0.3, -0.25) is 9.69 Å². The van der Waals surface area contributed by atoms with Gasteiger partial charge in [0.2, 0.25) is 0 Å². The Morgan fingerprint density at radius 2 is 2.03 bits per heavy atom. The minimum Gasteiger partial charge on any atom is -0.616 e. The molecule has 0 saturated carbocycles.